The van der Waals surface area contributed by atoms with Crippen molar-refractivity contribution >= 4 is 21.9 Å². The lowest BCUT2D eigenvalue weighted by atomic mass is 10.2. The molecule has 0 bridgehead atoms. The van der Waals surface area contributed by atoms with Crippen molar-refractivity contribution in [3.63, 3.8) is 0 Å². The van der Waals surface area contributed by atoms with E-state index in [2.05, 4.69) is 15.9 Å². The summed E-state index contributed by atoms with van der Waals surface area (Å²) in [5, 5.41) is 9.05. The quantitative estimate of drug-likeness (QED) is 0.947. The van der Waals surface area contributed by atoms with Gasteiger partial charge in [0, 0.05) is 10.5 Å². The van der Waals surface area contributed by atoms with Crippen LogP contribution in [0.5, 0.6) is 0 Å². The first kappa shape index (κ1) is 12.6. The number of rotatable bonds is 3. The van der Waals surface area contributed by atoms with Gasteiger partial charge in [-0.1, -0.05) is 34.1 Å². The van der Waals surface area contributed by atoms with Crippen molar-refractivity contribution in [2.75, 3.05) is 0 Å². The average molecular weight is 308 g/mol. The molecule has 92 valence electrons. The maximum atomic E-state index is 11.7. The Bertz CT molecular complexity index is 631. The van der Waals surface area contributed by atoms with Crippen LogP contribution < -0.4 is 5.56 Å². The molecule has 4 nitrogen and oxygen atoms in total. The second-order valence-corrected chi connectivity index (χ2v) is 4.68. The third-order valence-electron chi connectivity index (χ3n) is 2.52. The fourth-order valence-electron chi connectivity index (χ4n) is 1.64. The third kappa shape index (κ3) is 2.68. The Morgan fingerprint density at radius 2 is 1.83 bits per heavy atom. The van der Waals surface area contributed by atoms with E-state index in [0.717, 1.165) is 10.0 Å². The van der Waals surface area contributed by atoms with Gasteiger partial charge >= 0.3 is 5.97 Å². The molecule has 0 aliphatic rings. The molecule has 5 heteroatoms. The number of pyridine rings is 1. The summed E-state index contributed by atoms with van der Waals surface area (Å²) in [5.41, 5.74) is 0.539. The maximum Gasteiger partial charge on any atom is 0.352 e. The first-order valence-corrected chi connectivity index (χ1v) is 6.05. The summed E-state index contributed by atoms with van der Waals surface area (Å²) in [5.74, 6) is -1.11. The van der Waals surface area contributed by atoms with Gasteiger partial charge in [0.05, 0.1) is 6.54 Å². The number of benzene rings is 1. The Morgan fingerprint density at radius 1 is 1.17 bits per heavy atom. The molecule has 18 heavy (non-hydrogen) atoms. The van der Waals surface area contributed by atoms with E-state index in [9.17, 15) is 9.59 Å². The minimum atomic E-state index is -1.11. The number of carboxylic acid groups (broad SMARTS) is 1. The largest absolute Gasteiger partial charge is 0.477 e. The summed E-state index contributed by atoms with van der Waals surface area (Å²) < 4.78 is 2.18. The molecule has 2 aromatic rings. The lowest BCUT2D eigenvalue weighted by Crippen LogP contribution is -2.25. The third-order valence-corrected chi connectivity index (χ3v) is 3.05. The molecule has 2 rings (SSSR count). The number of halogens is 1. The van der Waals surface area contributed by atoms with Gasteiger partial charge in [-0.25, -0.2) is 4.79 Å². The molecule has 0 saturated heterocycles. The van der Waals surface area contributed by atoms with E-state index in [1.165, 1.54) is 22.8 Å². The number of nitrogens with zero attached hydrogens (tertiary/aromatic N) is 1. The molecule has 0 aliphatic carbocycles. The molecule has 0 radical (unpaired) electrons. The van der Waals surface area contributed by atoms with Crippen molar-refractivity contribution in [1.29, 1.82) is 0 Å². The molecule has 0 saturated carbocycles. The molecule has 1 aromatic carbocycles. The van der Waals surface area contributed by atoms with Gasteiger partial charge < -0.3 is 5.11 Å². The van der Waals surface area contributed by atoms with Gasteiger partial charge in [-0.05, 0) is 23.8 Å². The summed E-state index contributed by atoms with van der Waals surface area (Å²) in [6.07, 6.45) is 0. The van der Waals surface area contributed by atoms with Gasteiger partial charge in [-0.2, -0.15) is 0 Å². The second-order valence-electron chi connectivity index (χ2n) is 3.77. The average Bonchev–Trinajstić information content (AvgIpc) is 2.34. The smallest absolute Gasteiger partial charge is 0.352 e. The highest BCUT2D eigenvalue weighted by atomic mass is 79.9. The van der Waals surface area contributed by atoms with Crippen molar-refractivity contribution in [3.8, 4) is 0 Å². The summed E-state index contributed by atoms with van der Waals surface area (Å²) >= 11 is 3.32. The van der Waals surface area contributed by atoms with E-state index >= 15 is 0 Å². The number of hydrogen-bond donors (Lipinski definition) is 1. The highest BCUT2D eigenvalue weighted by Gasteiger charge is 2.10. The molecule has 0 aliphatic heterocycles. The van der Waals surface area contributed by atoms with Crippen LogP contribution in [0.2, 0.25) is 0 Å². The van der Waals surface area contributed by atoms with E-state index < -0.39 is 5.97 Å². The van der Waals surface area contributed by atoms with E-state index in [4.69, 9.17) is 5.11 Å². The minimum absolute atomic E-state index is 0.00887. The van der Waals surface area contributed by atoms with Gasteiger partial charge in [0.25, 0.3) is 5.56 Å². The van der Waals surface area contributed by atoms with Gasteiger partial charge in [-0.3, -0.25) is 9.36 Å². The summed E-state index contributed by atoms with van der Waals surface area (Å²) in [6, 6.07) is 11.6. The Morgan fingerprint density at radius 3 is 2.44 bits per heavy atom. The molecular formula is C13H10BrNO3. The molecular weight excluding hydrogens is 298 g/mol. The molecule has 1 N–H and O–H groups in total. The Labute approximate surface area is 112 Å². The first-order chi connectivity index (χ1) is 8.58. The van der Waals surface area contributed by atoms with Crippen LogP contribution in [0.1, 0.15) is 16.1 Å². The fraction of sp³-hybridized carbons (Fsp3) is 0.0769. The minimum Gasteiger partial charge on any atom is -0.477 e. The zero-order chi connectivity index (χ0) is 13.1. The molecule has 0 atom stereocenters. The summed E-state index contributed by atoms with van der Waals surface area (Å²) in [7, 11) is 0. The van der Waals surface area contributed by atoms with Crippen LogP contribution in [0.3, 0.4) is 0 Å². The Hall–Kier alpha value is -1.88. The maximum absolute atomic E-state index is 11.7. The van der Waals surface area contributed by atoms with Crippen molar-refractivity contribution in [2.45, 2.75) is 6.54 Å². The predicted octanol–water partition coefficient (Wildman–Crippen LogP) is 2.36. The molecule has 0 amide bonds. The monoisotopic (exact) mass is 307 g/mol. The van der Waals surface area contributed by atoms with E-state index in [0.29, 0.717) is 0 Å². The zero-order valence-corrected chi connectivity index (χ0v) is 10.9. The molecule has 1 heterocycles. The topological polar surface area (TPSA) is 59.3 Å². The number of carboxylic acids is 1. The van der Waals surface area contributed by atoms with E-state index in [1.54, 1.807) is 0 Å². The number of hydrogen-bond acceptors (Lipinski definition) is 2. The Balaban J connectivity index is 2.42. The van der Waals surface area contributed by atoms with Crippen molar-refractivity contribution < 1.29 is 9.90 Å². The van der Waals surface area contributed by atoms with Crippen molar-refractivity contribution in [1.82, 2.24) is 4.57 Å². The molecule has 0 fully saturated rings. The van der Waals surface area contributed by atoms with E-state index in [1.807, 2.05) is 24.3 Å². The molecule has 0 unspecified atom stereocenters. The van der Waals surface area contributed by atoms with Crippen LogP contribution in [-0.4, -0.2) is 15.6 Å². The lowest BCUT2D eigenvalue weighted by molar-refractivity contribution is 0.0684. The van der Waals surface area contributed by atoms with Gasteiger partial charge in [0.1, 0.15) is 5.69 Å². The highest BCUT2D eigenvalue weighted by Crippen LogP contribution is 2.11. The first-order valence-electron chi connectivity index (χ1n) is 5.25. The number of aromatic carboxylic acids is 1. The fourth-order valence-corrected chi connectivity index (χ4v) is 1.91. The number of aromatic nitrogens is 1. The van der Waals surface area contributed by atoms with Gasteiger partial charge in [0.15, 0.2) is 0 Å². The summed E-state index contributed by atoms with van der Waals surface area (Å²) in [6.45, 7) is 0.245. The second kappa shape index (κ2) is 5.18. The standard InChI is InChI=1S/C13H10BrNO3/c14-10-6-4-9(5-7-10)8-15-11(13(17)18)2-1-3-12(15)16/h1-7H,8H2,(H,17,18). The molecule has 1 aromatic heterocycles. The zero-order valence-electron chi connectivity index (χ0n) is 9.34. The summed E-state index contributed by atoms with van der Waals surface area (Å²) in [4.78, 5) is 22.8. The van der Waals surface area contributed by atoms with Crippen LogP contribution in [-0.2, 0) is 6.54 Å². The van der Waals surface area contributed by atoms with E-state index in [-0.39, 0.29) is 17.8 Å². The number of carbonyl (C=O) groups is 1. The normalized spacial score (nSPS) is 10.3. The van der Waals surface area contributed by atoms with Gasteiger partial charge in [0.2, 0.25) is 0 Å². The van der Waals surface area contributed by atoms with Crippen molar-refractivity contribution in [3.05, 3.63) is 68.5 Å². The van der Waals surface area contributed by atoms with Crippen LogP contribution in [0.25, 0.3) is 0 Å². The van der Waals surface area contributed by atoms with Crippen LogP contribution in [0.4, 0.5) is 0 Å². The highest BCUT2D eigenvalue weighted by molar-refractivity contribution is 9.10. The Kier molecular flexibility index (Phi) is 3.62. The van der Waals surface area contributed by atoms with Crippen LogP contribution >= 0.6 is 15.9 Å². The lowest BCUT2D eigenvalue weighted by Gasteiger charge is -2.09. The SMILES string of the molecule is O=C(O)c1cccc(=O)n1Cc1ccc(Br)cc1. The predicted molar refractivity (Wildman–Crippen MR) is 70.9 cm³/mol. The molecule has 0 spiro atoms. The van der Waals surface area contributed by atoms with Crippen molar-refractivity contribution in [2.24, 2.45) is 0 Å². The van der Waals surface area contributed by atoms with Crippen LogP contribution in [0.15, 0.2) is 51.7 Å². The van der Waals surface area contributed by atoms with Gasteiger partial charge in [-0.15, -0.1) is 0 Å². The van der Waals surface area contributed by atoms with Crippen LogP contribution in [0, 0.1) is 0 Å².